The molecule has 0 amide bonds. The average molecular weight is 243 g/mol. The van der Waals surface area contributed by atoms with Crippen LogP contribution in [-0.2, 0) is 6.42 Å². The molecule has 1 aromatic heterocycles. The van der Waals surface area contributed by atoms with Crippen molar-refractivity contribution in [3.8, 4) is 0 Å². The lowest BCUT2D eigenvalue weighted by Crippen LogP contribution is -2.12. The predicted octanol–water partition coefficient (Wildman–Crippen LogP) is 2.37. The van der Waals surface area contributed by atoms with E-state index in [1.807, 2.05) is 7.05 Å². The van der Waals surface area contributed by atoms with E-state index in [1.165, 1.54) is 16.6 Å². The number of para-hydroxylation sites is 1. The van der Waals surface area contributed by atoms with Crippen LogP contribution in [0.3, 0.4) is 0 Å². The second kappa shape index (κ2) is 5.36. The van der Waals surface area contributed by atoms with Crippen molar-refractivity contribution in [2.45, 2.75) is 13.3 Å². The highest BCUT2D eigenvalue weighted by atomic mass is 15.1. The quantitative estimate of drug-likeness (QED) is 0.893. The standard InChI is InChI=1S/C15H21N3/c1-11-12(8-9-16-2)10-13-6-5-7-14(18(3)4)15(13)17-11/h5-7,10,16H,8-9H2,1-4H3. The molecule has 0 bridgehead atoms. The van der Waals surface area contributed by atoms with Gasteiger partial charge in [0.2, 0.25) is 0 Å². The summed E-state index contributed by atoms with van der Waals surface area (Å²) in [6.45, 7) is 3.08. The van der Waals surface area contributed by atoms with Crippen molar-refractivity contribution < 1.29 is 0 Å². The molecule has 0 saturated carbocycles. The maximum absolute atomic E-state index is 4.78. The van der Waals surface area contributed by atoms with E-state index in [2.05, 4.69) is 55.5 Å². The summed E-state index contributed by atoms with van der Waals surface area (Å²) in [6, 6.07) is 8.61. The first-order valence-electron chi connectivity index (χ1n) is 6.34. The number of hydrogen-bond acceptors (Lipinski definition) is 3. The predicted molar refractivity (Wildman–Crippen MR) is 78.4 cm³/mol. The van der Waals surface area contributed by atoms with Crippen molar-refractivity contribution in [3.05, 3.63) is 35.5 Å². The molecule has 1 N–H and O–H groups in total. The van der Waals surface area contributed by atoms with Crippen molar-refractivity contribution in [1.82, 2.24) is 10.3 Å². The minimum Gasteiger partial charge on any atom is -0.376 e. The number of nitrogens with one attached hydrogen (secondary N) is 1. The Morgan fingerprint density at radius 1 is 1.28 bits per heavy atom. The molecule has 1 aromatic carbocycles. The number of pyridine rings is 1. The molecule has 0 aliphatic carbocycles. The molecule has 3 heteroatoms. The molecule has 18 heavy (non-hydrogen) atoms. The summed E-state index contributed by atoms with van der Waals surface area (Å²) in [5.74, 6) is 0. The Bertz CT molecular complexity index is 547. The van der Waals surface area contributed by atoms with Gasteiger partial charge in [0.15, 0.2) is 0 Å². The molecular weight excluding hydrogens is 222 g/mol. The number of aromatic nitrogens is 1. The molecule has 0 aliphatic rings. The van der Waals surface area contributed by atoms with Crippen molar-refractivity contribution >= 4 is 16.6 Å². The summed E-state index contributed by atoms with van der Waals surface area (Å²) in [6.07, 6.45) is 1.03. The van der Waals surface area contributed by atoms with E-state index < -0.39 is 0 Å². The van der Waals surface area contributed by atoms with Crippen LogP contribution in [0, 0.1) is 6.92 Å². The lowest BCUT2D eigenvalue weighted by molar-refractivity contribution is 0.786. The maximum Gasteiger partial charge on any atom is 0.0938 e. The van der Waals surface area contributed by atoms with Gasteiger partial charge in [0.25, 0.3) is 0 Å². The van der Waals surface area contributed by atoms with Crippen LogP contribution in [0.4, 0.5) is 5.69 Å². The molecule has 0 atom stereocenters. The van der Waals surface area contributed by atoms with Gasteiger partial charge in [-0.1, -0.05) is 12.1 Å². The minimum atomic E-state index is 0.987. The smallest absolute Gasteiger partial charge is 0.0938 e. The summed E-state index contributed by atoms with van der Waals surface area (Å²) in [7, 11) is 6.09. The second-order valence-electron chi connectivity index (χ2n) is 4.83. The molecule has 3 nitrogen and oxygen atoms in total. The Hall–Kier alpha value is -1.61. The van der Waals surface area contributed by atoms with Gasteiger partial charge >= 0.3 is 0 Å². The Morgan fingerprint density at radius 2 is 2.06 bits per heavy atom. The Balaban J connectivity index is 2.53. The molecular formula is C15H21N3. The maximum atomic E-state index is 4.78. The zero-order chi connectivity index (χ0) is 13.1. The first-order valence-corrected chi connectivity index (χ1v) is 6.34. The minimum absolute atomic E-state index is 0.987. The molecule has 2 rings (SSSR count). The van der Waals surface area contributed by atoms with Crippen LogP contribution in [0.25, 0.3) is 10.9 Å². The van der Waals surface area contributed by atoms with E-state index in [9.17, 15) is 0 Å². The molecule has 0 spiro atoms. The molecule has 0 fully saturated rings. The lowest BCUT2D eigenvalue weighted by Gasteiger charge is -2.16. The van der Waals surface area contributed by atoms with Crippen molar-refractivity contribution in [2.24, 2.45) is 0 Å². The molecule has 96 valence electrons. The number of hydrogen-bond donors (Lipinski definition) is 1. The highest BCUT2D eigenvalue weighted by Gasteiger charge is 2.07. The number of fused-ring (bicyclic) bond motifs is 1. The fourth-order valence-corrected chi connectivity index (χ4v) is 2.19. The molecule has 0 radical (unpaired) electrons. The molecule has 0 saturated heterocycles. The second-order valence-corrected chi connectivity index (χ2v) is 4.83. The first kappa shape index (κ1) is 12.8. The van der Waals surface area contributed by atoms with Crippen LogP contribution in [0.5, 0.6) is 0 Å². The van der Waals surface area contributed by atoms with E-state index in [4.69, 9.17) is 4.98 Å². The first-order chi connectivity index (χ1) is 8.63. The van der Waals surface area contributed by atoms with Crippen molar-refractivity contribution in [2.75, 3.05) is 32.6 Å². The van der Waals surface area contributed by atoms with Crippen molar-refractivity contribution in [3.63, 3.8) is 0 Å². The molecule has 0 aliphatic heterocycles. The van der Waals surface area contributed by atoms with Gasteiger partial charge in [-0.05, 0) is 44.6 Å². The van der Waals surface area contributed by atoms with Gasteiger partial charge in [0, 0.05) is 25.2 Å². The van der Waals surface area contributed by atoms with Gasteiger partial charge in [0.1, 0.15) is 0 Å². The fourth-order valence-electron chi connectivity index (χ4n) is 2.19. The summed E-state index contributed by atoms with van der Waals surface area (Å²) < 4.78 is 0. The topological polar surface area (TPSA) is 28.2 Å². The molecule has 1 heterocycles. The van der Waals surface area contributed by atoms with Gasteiger partial charge in [-0.2, -0.15) is 0 Å². The van der Waals surface area contributed by atoms with E-state index in [1.54, 1.807) is 0 Å². The zero-order valence-corrected chi connectivity index (χ0v) is 11.6. The van der Waals surface area contributed by atoms with E-state index >= 15 is 0 Å². The lowest BCUT2D eigenvalue weighted by atomic mass is 10.1. The number of rotatable bonds is 4. The Kier molecular flexibility index (Phi) is 3.82. The van der Waals surface area contributed by atoms with Crippen LogP contribution < -0.4 is 10.2 Å². The number of benzene rings is 1. The van der Waals surface area contributed by atoms with E-state index in [-0.39, 0.29) is 0 Å². The van der Waals surface area contributed by atoms with Gasteiger partial charge in [-0.15, -0.1) is 0 Å². The van der Waals surface area contributed by atoms with Crippen LogP contribution in [-0.4, -0.2) is 32.7 Å². The number of likely N-dealkylation sites (N-methyl/N-ethyl adjacent to an activating group) is 1. The van der Waals surface area contributed by atoms with Crippen molar-refractivity contribution in [1.29, 1.82) is 0 Å². The van der Waals surface area contributed by atoms with Crippen LogP contribution >= 0.6 is 0 Å². The molecule has 0 unspecified atom stereocenters. The Morgan fingerprint density at radius 3 is 2.72 bits per heavy atom. The third-order valence-electron chi connectivity index (χ3n) is 3.25. The summed E-state index contributed by atoms with van der Waals surface area (Å²) in [5.41, 5.74) is 4.73. The highest BCUT2D eigenvalue weighted by Crippen LogP contribution is 2.25. The summed E-state index contributed by atoms with van der Waals surface area (Å²) in [5, 5.41) is 4.41. The number of aryl methyl sites for hydroxylation is 1. The normalized spacial score (nSPS) is 10.9. The van der Waals surface area contributed by atoms with Gasteiger partial charge in [-0.3, -0.25) is 4.98 Å². The monoisotopic (exact) mass is 243 g/mol. The largest absolute Gasteiger partial charge is 0.376 e. The number of nitrogens with zero attached hydrogens (tertiary/aromatic N) is 2. The number of anilines is 1. The van der Waals surface area contributed by atoms with E-state index in [0.717, 1.165) is 24.2 Å². The molecule has 2 aromatic rings. The van der Waals surface area contributed by atoms with Gasteiger partial charge < -0.3 is 10.2 Å². The van der Waals surface area contributed by atoms with Crippen LogP contribution in [0.15, 0.2) is 24.3 Å². The summed E-state index contributed by atoms with van der Waals surface area (Å²) in [4.78, 5) is 6.89. The van der Waals surface area contributed by atoms with Gasteiger partial charge in [-0.25, -0.2) is 0 Å². The van der Waals surface area contributed by atoms with E-state index in [0.29, 0.717) is 0 Å². The third kappa shape index (κ3) is 2.46. The van der Waals surface area contributed by atoms with Crippen LogP contribution in [0.2, 0.25) is 0 Å². The SMILES string of the molecule is CNCCc1cc2cccc(N(C)C)c2nc1C. The fraction of sp³-hybridized carbons (Fsp3) is 0.400. The zero-order valence-electron chi connectivity index (χ0n) is 11.6. The van der Waals surface area contributed by atoms with Gasteiger partial charge in [0.05, 0.1) is 11.2 Å². The highest BCUT2D eigenvalue weighted by molar-refractivity contribution is 5.91. The average Bonchev–Trinajstić information content (AvgIpc) is 2.35. The summed E-state index contributed by atoms with van der Waals surface area (Å²) >= 11 is 0. The third-order valence-corrected chi connectivity index (χ3v) is 3.25. The van der Waals surface area contributed by atoms with Crippen LogP contribution in [0.1, 0.15) is 11.3 Å². The Labute approximate surface area is 109 Å².